The van der Waals surface area contributed by atoms with E-state index < -0.39 is 0 Å². The van der Waals surface area contributed by atoms with Gasteiger partial charge in [-0.15, -0.1) is 0 Å². The van der Waals surface area contributed by atoms with Gasteiger partial charge >= 0.3 is 0 Å². The van der Waals surface area contributed by atoms with Gasteiger partial charge in [0.15, 0.2) is 0 Å². The fourth-order valence-corrected chi connectivity index (χ4v) is 3.72. The summed E-state index contributed by atoms with van der Waals surface area (Å²) in [5.74, 6) is 1.08. The zero-order chi connectivity index (χ0) is 16.5. The van der Waals surface area contributed by atoms with Crippen molar-refractivity contribution < 1.29 is 0 Å². The standard InChI is InChI=1S/C22H24N2/c1-3-16(2)24-15-21(23-22(24)18-9-5-4-6-10-18)20-14-8-12-17-11-7-13-19(17)20/h4-6,8-10,12,14-16H,3,7,11,13H2,1-2H3. The molecule has 1 aliphatic rings. The Hall–Kier alpha value is -2.35. The Labute approximate surface area is 144 Å². The van der Waals surface area contributed by atoms with Crippen molar-refractivity contribution in [1.82, 2.24) is 9.55 Å². The average Bonchev–Trinajstić information content (AvgIpc) is 3.28. The highest BCUT2D eigenvalue weighted by atomic mass is 15.1. The Morgan fingerprint density at radius 3 is 2.67 bits per heavy atom. The number of imidazole rings is 1. The maximum Gasteiger partial charge on any atom is 0.140 e. The number of nitrogens with zero attached hydrogens (tertiary/aromatic N) is 2. The van der Waals surface area contributed by atoms with Gasteiger partial charge < -0.3 is 4.57 Å². The Kier molecular flexibility index (Phi) is 3.97. The Morgan fingerprint density at radius 1 is 1.04 bits per heavy atom. The molecule has 0 saturated heterocycles. The minimum Gasteiger partial charge on any atom is -0.328 e. The normalized spacial score (nSPS) is 14.6. The highest BCUT2D eigenvalue weighted by molar-refractivity contribution is 5.69. The monoisotopic (exact) mass is 316 g/mol. The van der Waals surface area contributed by atoms with Crippen LogP contribution in [0, 0.1) is 0 Å². The molecular formula is C22H24N2. The van der Waals surface area contributed by atoms with Crippen LogP contribution < -0.4 is 0 Å². The van der Waals surface area contributed by atoms with Crippen LogP contribution in [0.4, 0.5) is 0 Å². The summed E-state index contributed by atoms with van der Waals surface area (Å²) in [7, 11) is 0. The van der Waals surface area contributed by atoms with Gasteiger partial charge in [-0.2, -0.15) is 0 Å². The summed E-state index contributed by atoms with van der Waals surface area (Å²) in [6, 6.07) is 17.7. The van der Waals surface area contributed by atoms with Gasteiger partial charge in [0, 0.05) is 23.4 Å². The van der Waals surface area contributed by atoms with E-state index in [-0.39, 0.29) is 0 Å². The zero-order valence-corrected chi connectivity index (χ0v) is 14.5. The molecule has 24 heavy (non-hydrogen) atoms. The molecule has 122 valence electrons. The van der Waals surface area contributed by atoms with Crippen molar-refractivity contribution in [3.63, 3.8) is 0 Å². The maximum atomic E-state index is 5.06. The predicted octanol–water partition coefficient (Wildman–Crippen LogP) is 5.68. The molecule has 0 amide bonds. The predicted molar refractivity (Wildman–Crippen MR) is 100 cm³/mol. The summed E-state index contributed by atoms with van der Waals surface area (Å²) in [5.41, 5.74) is 6.64. The van der Waals surface area contributed by atoms with Crippen LogP contribution in [-0.4, -0.2) is 9.55 Å². The summed E-state index contributed by atoms with van der Waals surface area (Å²) in [5, 5.41) is 0. The number of fused-ring (bicyclic) bond motifs is 1. The van der Waals surface area contributed by atoms with E-state index in [0.29, 0.717) is 6.04 Å². The van der Waals surface area contributed by atoms with Crippen molar-refractivity contribution in [1.29, 1.82) is 0 Å². The maximum absolute atomic E-state index is 5.06. The van der Waals surface area contributed by atoms with Gasteiger partial charge in [0.2, 0.25) is 0 Å². The third-order valence-corrected chi connectivity index (χ3v) is 5.25. The molecule has 1 aliphatic carbocycles. The molecule has 1 heterocycles. The minimum absolute atomic E-state index is 0.443. The van der Waals surface area contributed by atoms with E-state index in [4.69, 9.17) is 4.98 Å². The fourth-order valence-electron chi connectivity index (χ4n) is 3.72. The molecule has 3 aromatic rings. The zero-order valence-electron chi connectivity index (χ0n) is 14.5. The fraction of sp³-hybridized carbons (Fsp3) is 0.318. The van der Waals surface area contributed by atoms with E-state index in [0.717, 1.165) is 17.9 Å². The Balaban J connectivity index is 1.87. The van der Waals surface area contributed by atoms with E-state index in [2.05, 4.69) is 73.1 Å². The van der Waals surface area contributed by atoms with Gasteiger partial charge in [-0.3, -0.25) is 0 Å². The highest BCUT2D eigenvalue weighted by Crippen LogP contribution is 2.34. The molecule has 1 aromatic heterocycles. The summed E-state index contributed by atoms with van der Waals surface area (Å²) in [4.78, 5) is 5.06. The minimum atomic E-state index is 0.443. The molecule has 2 aromatic carbocycles. The van der Waals surface area contributed by atoms with E-state index in [9.17, 15) is 0 Å². The Bertz CT molecular complexity index is 846. The quantitative estimate of drug-likeness (QED) is 0.606. The lowest BCUT2D eigenvalue weighted by atomic mass is 10.0. The van der Waals surface area contributed by atoms with Gasteiger partial charge in [-0.25, -0.2) is 4.98 Å². The first-order chi connectivity index (χ1) is 11.8. The second-order valence-corrected chi connectivity index (χ2v) is 6.78. The smallest absolute Gasteiger partial charge is 0.140 e. The number of aromatic nitrogens is 2. The van der Waals surface area contributed by atoms with Crippen LogP contribution in [-0.2, 0) is 12.8 Å². The van der Waals surface area contributed by atoms with Crippen LogP contribution in [0.3, 0.4) is 0 Å². The second-order valence-electron chi connectivity index (χ2n) is 6.78. The third-order valence-electron chi connectivity index (χ3n) is 5.25. The van der Waals surface area contributed by atoms with Crippen LogP contribution in [0.1, 0.15) is 43.9 Å². The van der Waals surface area contributed by atoms with Gasteiger partial charge in [0.1, 0.15) is 5.82 Å². The lowest BCUT2D eigenvalue weighted by Crippen LogP contribution is -2.04. The van der Waals surface area contributed by atoms with Crippen molar-refractivity contribution >= 4 is 0 Å². The van der Waals surface area contributed by atoms with E-state index in [1.807, 2.05) is 0 Å². The molecule has 4 rings (SSSR count). The average molecular weight is 316 g/mol. The largest absolute Gasteiger partial charge is 0.328 e. The molecule has 2 heteroatoms. The van der Waals surface area contributed by atoms with E-state index in [1.165, 1.54) is 41.5 Å². The first-order valence-electron chi connectivity index (χ1n) is 9.03. The summed E-state index contributed by atoms with van der Waals surface area (Å²) in [6.07, 6.45) is 7.01. The van der Waals surface area contributed by atoms with Crippen molar-refractivity contribution in [2.24, 2.45) is 0 Å². The van der Waals surface area contributed by atoms with Crippen LogP contribution in [0.25, 0.3) is 22.6 Å². The van der Waals surface area contributed by atoms with Gasteiger partial charge in [-0.1, -0.05) is 55.5 Å². The SMILES string of the molecule is CCC(C)n1cc(-c2cccc3c2CCC3)nc1-c1ccccc1. The molecular weight excluding hydrogens is 292 g/mol. The molecule has 1 unspecified atom stereocenters. The molecule has 2 nitrogen and oxygen atoms in total. The van der Waals surface area contributed by atoms with Crippen molar-refractivity contribution in [3.8, 4) is 22.6 Å². The van der Waals surface area contributed by atoms with E-state index >= 15 is 0 Å². The summed E-state index contributed by atoms with van der Waals surface area (Å²) in [6.45, 7) is 4.51. The van der Waals surface area contributed by atoms with E-state index in [1.54, 1.807) is 0 Å². The number of rotatable bonds is 4. The Morgan fingerprint density at radius 2 is 1.88 bits per heavy atom. The number of aryl methyl sites for hydroxylation is 1. The molecule has 0 N–H and O–H groups in total. The van der Waals surface area contributed by atoms with Crippen molar-refractivity contribution in [3.05, 3.63) is 65.9 Å². The van der Waals surface area contributed by atoms with Gasteiger partial charge in [0.05, 0.1) is 5.69 Å². The summed E-state index contributed by atoms with van der Waals surface area (Å²) >= 11 is 0. The topological polar surface area (TPSA) is 17.8 Å². The highest BCUT2D eigenvalue weighted by Gasteiger charge is 2.20. The number of benzene rings is 2. The molecule has 0 spiro atoms. The van der Waals surface area contributed by atoms with Crippen molar-refractivity contribution in [2.75, 3.05) is 0 Å². The van der Waals surface area contributed by atoms with Gasteiger partial charge in [-0.05, 0) is 43.7 Å². The lowest BCUT2D eigenvalue weighted by molar-refractivity contribution is 0.536. The number of hydrogen-bond donors (Lipinski definition) is 0. The molecule has 0 saturated carbocycles. The molecule has 0 radical (unpaired) electrons. The first kappa shape index (κ1) is 15.2. The molecule has 0 bridgehead atoms. The van der Waals surface area contributed by atoms with Crippen LogP contribution in [0.15, 0.2) is 54.7 Å². The third kappa shape index (κ3) is 2.56. The molecule has 0 fully saturated rings. The van der Waals surface area contributed by atoms with Gasteiger partial charge in [0.25, 0.3) is 0 Å². The number of hydrogen-bond acceptors (Lipinski definition) is 1. The van der Waals surface area contributed by atoms with Crippen LogP contribution >= 0.6 is 0 Å². The van der Waals surface area contributed by atoms with Crippen LogP contribution in [0.5, 0.6) is 0 Å². The van der Waals surface area contributed by atoms with Crippen molar-refractivity contribution in [2.45, 2.75) is 45.6 Å². The lowest BCUT2D eigenvalue weighted by Gasteiger charge is -2.14. The molecule has 1 atom stereocenters. The first-order valence-corrected chi connectivity index (χ1v) is 9.03. The van der Waals surface area contributed by atoms with Crippen LogP contribution in [0.2, 0.25) is 0 Å². The molecule has 0 aliphatic heterocycles. The summed E-state index contributed by atoms with van der Waals surface area (Å²) < 4.78 is 2.35. The second kappa shape index (κ2) is 6.27.